The molecule has 0 heterocycles. The summed E-state index contributed by atoms with van der Waals surface area (Å²) in [6.07, 6.45) is 0.774. The fourth-order valence-electron chi connectivity index (χ4n) is 1.91. The van der Waals surface area contributed by atoms with Crippen LogP contribution in [-0.2, 0) is 6.42 Å². The van der Waals surface area contributed by atoms with Crippen LogP contribution in [0, 0.1) is 0 Å². The molecule has 2 aromatic rings. The Balaban J connectivity index is 2.13. The van der Waals surface area contributed by atoms with Crippen molar-refractivity contribution in [2.45, 2.75) is 12.5 Å². The van der Waals surface area contributed by atoms with E-state index in [1.807, 2.05) is 30.3 Å². The average Bonchev–Trinajstić information content (AvgIpc) is 2.41. The summed E-state index contributed by atoms with van der Waals surface area (Å²) in [6.45, 7) is 0. The summed E-state index contributed by atoms with van der Waals surface area (Å²) in [4.78, 5) is 0. The Morgan fingerprint density at radius 1 is 1.21 bits per heavy atom. The minimum atomic E-state index is -0.0791. The molecule has 2 aromatic carbocycles. The lowest BCUT2D eigenvalue weighted by Gasteiger charge is -2.14. The third-order valence-electron chi connectivity index (χ3n) is 2.97. The van der Waals surface area contributed by atoms with Crippen molar-refractivity contribution in [1.29, 1.82) is 0 Å². The number of rotatable bonds is 4. The van der Waals surface area contributed by atoms with Gasteiger partial charge >= 0.3 is 0 Å². The van der Waals surface area contributed by atoms with Crippen LogP contribution in [0.3, 0.4) is 0 Å². The van der Waals surface area contributed by atoms with Gasteiger partial charge in [0.1, 0.15) is 5.75 Å². The Kier molecular flexibility index (Phi) is 4.86. The van der Waals surface area contributed by atoms with Crippen LogP contribution < -0.4 is 10.5 Å². The molecule has 0 spiro atoms. The minimum Gasteiger partial charge on any atom is -0.495 e. The van der Waals surface area contributed by atoms with Crippen LogP contribution in [0.5, 0.6) is 5.75 Å². The molecule has 19 heavy (non-hydrogen) atoms. The Bertz CT molecular complexity index is 557. The van der Waals surface area contributed by atoms with E-state index in [9.17, 15) is 0 Å². The van der Waals surface area contributed by atoms with Crippen molar-refractivity contribution in [2.24, 2.45) is 5.73 Å². The zero-order chi connectivity index (χ0) is 13.8. The molecule has 0 amide bonds. The van der Waals surface area contributed by atoms with Crippen molar-refractivity contribution < 1.29 is 4.74 Å². The van der Waals surface area contributed by atoms with E-state index in [-0.39, 0.29) is 6.04 Å². The van der Waals surface area contributed by atoms with Crippen LogP contribution in [0.2, 0.25) is 5.02 Å². The molecule has 0 saturated carbocycles. The van der Waals surface area contributed by atoms with Crippen molar-refractivity contribution in [2.75, 3.05) is 7.11 Å². The van der Waals surface area contributed by atoms with Gasteiger partial charge in [-0.05, 0) is 41.8 Å². The number of nitrogens with two attached hydrogens (primary N) is 1. The maximum Gasteiger partial charge on any atom is 0.137 e. The highest BCUT2D eigenvalue weighted by atomic mass is 79.9. The monoisotopic (exact) mass is 339 g/mol. The Morgan fingerprint density at radius 2 is 1.89 bits per heavy atom. The van der Waals surface area contributed by atoms with Gasteiger partial charge in [0, 0.05) is 10.5 Å². The SMILES string of the molecule is COc1ccc(C(N)Cc2ccc(Br)cc2)cc1Cl. The van der Waals surface area contributed by atoms with E-state index in [0.717, 1.165) is 16.5 Å². The smallest absolute Gasteiger partial charge is 0.137 e. The quantitative estimate of drug-likeness (QED) is 0.898. The summed E-state index contributed by atoms with van der Waals surface area (Å²) >= 11 is 9.53. The summed E-state index contributed by atoms with van der Waals surface area (Å²) in [6, 6.07) is 13.7. The predicted octanol–water partition coefficient (Wildman–Crippen LogP) is 4.35. The lowest BCUT2D eigenvalue weighted by Crippen LogP contribution is -2.13. The van der Waals surface area contributed by atoms with Crippen molar-refractivity contribution in [3.05, 3.63) is 63.1 Å². The van der Waals surface area contributed by atoms with Crippen LogP contribution in [0.15, 0.2) is 46.9 Å². The van der Waals surface area contributed by atoms with Gasteiger partial charge in [-0.2, -0.15) is 0 Å². The first-order valence-electron chi connectivity index (χ1n) is 5.93. The van der Waals surface area contributed by atoms with E-state index in [1.165, 1.54) is 5.56 Å². The highest BCUT2D eigenvalue weighted by Crippen LogP contribution is 2.28. The van der Waals surface area contributed by atoms with Crippen LogP contribution >= 0.6 is 27.5 Å². The third kappa shape index (κ3) is 3.72. The second kappa shape index (κ2) is 6.42. The topological polar surface area (TPSA) is 35.2 Å². The molecule has 1 atom stereocenters. The summed E-state index contributed by atoms with van der Waals surface area (Å²) in [5.41, 5.74) is 8.42. The highest BCUT2D eigenvalue weighted by molar-refractivity contribution is 9.10. The number of ether oxygens (including phenoxy) is 1. The number of halogens is 2. The molecule has 0 radical (unpaired) electrons. The summed E-state index contributed by atoms with van der Waals surface area (Å²) in [5.74, 6) is 0.668. The lowest BCUT2D eigenvalue weighted by atomic mass is 10.00. The van der Waals surface area contributed by atoms with E-state index in [1.54, 1.807) is 7.11 Å². The average molecular weight is 341 g/mol. The molecule has 0 bridgehead atoms. The fraction of sp³-hybridized carbons (Fsp3) is 0.200. The van der Waals surface area contributed by atoms with E-state index in [0.29, 0.717) is 10.8 Å². The molecule has 0 saturated heterocycles. The second-order valence-corrected chi connectivity index (χ2v) is 5.65. The van der Waals surface area contributed by atoms with Crippen molar-refractivity contribution in [3.63, 3.8) is 0 Å². The minimum absolute atomic E-state index is 0.0791. The van der Waals surface area contributed by atoms with Gasteiger partial charge in [-0.25, -0.2) is 0 Å². The maximum absolute atomic E-state index is 6.21. The number of methoxy groups -OCH3 is 1. The molecular weight excluding hydrogens is 326 g/mol. The molecule has 2 nitrogen and oxygen atoms in total. The Morgan fingerprint density at radius 3 is 2.47 bits per heavy atom. The Labute approximate surface area is 126 Å². The van der Waals surface area contributed by atoms with Crippen molar-refractivity contribution in [1.82, 2.24) is 0 Å². The molecule has 4 heteroatoms. The predicted molar refractivity (Wildman–Crippen MR) is 82.8 cm³/mol. The molecule has 1 unspecified atom stereocenters. The third-order valence-corrected chi connectivity index (χ3v) is 3.80. The van der Waals surface area contributed by atoms with Gasteiger partial charge in [-0.1, -0.05) is 45.7 Å². The van der Waals surface area contributed by atoms with E-state index < -0.39 is 0 Å². The van der Waals surface area contributed by atoms with E-state index in [2.05, 4.69) is 28.1 Å². The van der Waals surface area contributed by atoms with Crippen LogP contribution in [0.4, 0.5) is 0 Å². The van der Waals surface area contributed by atoms with Crippen molar-refractivity contribution in [3.8, 4) is 5.75 Å². The number of hydrogen-bond acceptors (Lipinski definition) is 2. The van der Waals surface area contributed by atoms with Crippen molar-refractivity contribution >= 4 is 27.5 Å². The summed E-state index contributed by atoms with van der Waals surface area (Å²) in [5, 5.41) is 0.589. The van der Waals surface area contributed by atoms with Gasteiger partial charge < -0.3 is 10.5 Å². The van der Waals surface area contributed by atoms with Gasteiger partial charge in [0.2, 0.25) is 0 Å². The first-order valence-corrected chi connectivity index (χ1v) is 7.10. The Hall–Kier alpha value is -1.03. The molecule has 2 rings (SSSR count). The molecule has 2 N–H and O–H groups in total. The standard InChI is InChI=1S/C15H15BrClNO/c1-19-15-7-4-11(9-13(15)17)14(18)8-10-2-5-12(16)6-3-10/h2-7,9,14H,8,18H2,1H3. The molecule has 0 aliphatic heterocycles. The summed E-state index contributed by atoms with van der Waals surface area (Å²) in [7, 11) is 1.60. The highest BCUT2D eigenvalue weighted by Gasteiger charge is 2.10. The molecular formula is C15H15BrClNO. The number of benzene rings is 2. The number of hydrogen-bond donors (Lipinski definition) is 1. The van der Waals surface area contributed by atoms with Gasteiger partial charge in [0.15, 0.2) is 0 Å². The molecule has 0 aromatic heterocycles. The molecule has 0 aliphatic rings. The lowest BCUT2D eigenvalue weighted by molar-refractivity contribution is 0.414. The van der Waals surface area contributed by atoms with E-state index in [4.69, 9.17) is 22.1 Å². The summed E-state index contributed by atoms with van der Waals surface area (Å²) < 4.78 is 6.20. The van der Waals surface area contributed by atoms with Crippen LogP contribution in [-0.4, -0.2) is 7.11 Å². The maximum atomic E-state index is 6.21. The second-order valence-electron chi connectivity index (χ2n) is 4.33. The molecule has 0 aliphatic carbocycles. The largest absolute Gasteiger partial charge is 0.495 e. The van der Waals surface area contributed by atoms with Gasteiger partial charge in [0.25, 0.3) is 0 Å². The zero-order valence-electron chi connectivity index (χ0n) is 10.6. The molecule has 100 valence electrons. The first-order chi connectivity index (χ1) is 9.10. The van der Waals surface area contributed by atoms with Crippen LogP contribution in [0.1, 0.15) is 17.2 Å². The first kappa shape index (κ1) is 14.4. The van der Waals surface area contributed by atoms with Gasteiger partial charge in [-0.3, -0.25) is 0 Å². The normalized spacial score (nSPS) is 12.2. The van der Waals surface area contributed by atoms with Gasteiger partial charge in [0.05, 0.1) is 12.1 Å². The van der Waals surface area contributed by atoms with Gasteiger partial charge in [-0.15, -0.1) is 0 Å². The zero-order valence-corrected chi connectivity index (χ0v) is 12.9. The van der Waals surface area contributed by atoms with E-state index >= 15 is 0 Å². The fourth-order valence-corrected chi connectivity index (χ4v) is 2.44. The van der Waals surface area contributed by atoms with Crippen LogP contribution in [0.25, 0.3) is 0 Å². The molecule has 0 fully saturated rings.